The van der Waals surface area contributed by atoms with Gasteiger partial charge in [-0.05, 0) is 53.2 Å². The van der Waals surface area contributed by atoms with Gasteiger partial charge in [-0.25, -0.2) is 4.39 Å². The summed E-state index contributed by atoms with van der Waals surface area (Å²) in [4.78, 5) is 0. The summed E-state index contributed by atoms with van der Waals surface area (Å²) in [5.41, 5.74) is 5.94. The molecule has 5 aromatic rings. The van der Waals surface area contributed by atoms with Crippen molar-refractivity contribution in [2.75, 3.05) is 7.11 Å². The molecule has 0 aliphatic carbocycles. The van der Waals surface area contributed by atoms with E-state index in [9.17, 15) is 4.39 Å². The summed E-state index contributed by atoms with van der Waals surface area (Å²) in [5, 5.41) is 20.3. The number of fused-ring (bicyclic) bond motifs is 1. The first kappa shape index (κ1) is 20.0. The summed E-state index contributed by atoms with van der Waals surface area (Å²) in [5.74, 6) is 0.587. The van der Waals surface area contributed by atoms with Crippen molar-refractivity contribution < 1.29 is 9.13 Å². The minimum absolute atomic E-state index is 0.256. The second-order valence-electron chi connectivity index (χ2n) is 7.58. The van der Waals surface area contributed by atoms with Crippen LogP contribution in [0.5, 0.6) is 5.75 Å². The Morgan fingerprint density at radius 2 is 1.38 bits per heavy atom. The molecule has 32 heavy (non-hydrogen) atoms. The second kappa shape index (κ2) is 8.64. The van der Waals surface area contributed by atoms with Gasteiger partial charge in [0.15, 0.2) is 0 Å². The molecule has 160 valence electrons. The molecular weight excluding hydrogens is 405 g/mol. The lowest BCUT2D eigenvalue weighted by atomic mass is 10.0. The Balaban J connectivity index is 1.31. The Bertz CT molecular complexity index is 1360. The van der Waals surface area contributed by atoms with Crippen molar-refractivity contribution in [2.24, 2.45) is 0 Å². The van der Waals surface area contributed by atoms with Crippen molar-refractivity contribution in [3.63, 3.8) is 0 Å². The van der Waals surface area contributed by atoms with Gasteiger partial charge >= 0.3 is 0 Å². The molecule has 0 spiro atoms. The predicted octanol–water partition coefficient (Wildman–Crippen LogP) is 5.06. The van der Waals surface area contributed by atoms with Crippen LogP contribution in [0.25, 0.3) is 33.3 Å². The molecule has 6 nitrogen and oxygen atoms in total. The van der Waals surface area contributed by atoms with Gasteiger partial charge in [0, 0.05) is 35.3 Å². The monoisotopic (exact) mass is 427 g/mol. The largest absolute Gasteiger partial charge is 0.497 e. The number of aromatic amines is 2. The Morgan fingerprint density at radius 3 is 2.06 bits per heavy atom. The van der Waals surface area contributed by atoms with Crippen molar-refractivity contribution in [3.05, 3.63) is 90.0 Å². The fourth-order valence-corrected chi connectivity index (χ4v) is 3.84. The zero-order chi connectivity index (χ0) is 21.9. The van der Waals surface area contributed by atoms with Gasteiger partial charge in [0.25, 0.3) is 0 Å². The number of hydrogen-bond donors (Lipinski definition) is 3. The molecule has 0 amide bonds. The van der Waals surface area contributed by atoms with E-state index in [4.69, 9.17) is 4.74 Å². The first-order valence-electron chi connectivity index (χ1n) is 10.3. The summed E-state index contributed by atoms with van der Waals surface area (Å²) in [6.45, 7) is 1.26. The van der Waals surface area contributed by atoms with E-state index in [-0.39, 0.29) is 5.82 Å². The highest BCUT2D eigenvalue weighted by Gasteiger charge is 2.11. The van der Waals surface area contributed by atoms with Gasteiger partial charge in [0.2, 0.25) is 0 Å². The van der Waals surface area contributed by atoms with Crippen LogP contribution in [0, 0.1) is 5.82 Å². The summed E-state index contributed by atoms with van der Waals surface area (Å²) >= 11 is 0. The molecule has 7 heteroatoms. The molecule has 0 atom stereocenters. The first-order chi connectivity index (χ1) is 15.7. The molecule has 5 rings (SSSR count). The molecule has 0 saturated heterocycles. The third-order valence-electron chi connectivity index (χ3n) is 5.54. The lowest BCUT2D eigenvalue weighted by molar-refractivity contribution is 0.415. The highest BCUT2D eigenvalue weighted by Crippen LogP contribution is 2.28. The minimum atomic E-state index is -0.256. The molecule has 0 fully saturated rings. The van der Waals surface area contributed by atoms with Gasteiger partial charge in [-0.3, -0.25) is 10.2 Å². The van der Waals surface area contributed by atoms with E-state index in [1.807, 2.05) is 18.3 Å². The molecule has 0 aliphatic rings. The van der Waals surface area contributed by atoms with Gasteiger partial charge in [-0.2, -0.15) is 10.2 Å². The van der Waals surface area contributed by atoms with Crippen LogP contribution in [0.1, 0.15) is 11.1 Å². The third-order valence-corrected chi connectivity index (χ3v) is 5.54. The van der Waals surface area contributed by atoms with Gasteiger partial charge in [0.1, 0.15) is 11.6 Å². The van der Waals surface area contributed by atoms with E-state index in [2.05, 4.69) is 50.0 Å². The lowest BCUT2D eigenvalue weighted by Gasteiger charge is -2.08. The molecule has 0 saturated carbocycles. The Hall–Kier alpha value is -3.97. The quantitative estimate of drug-likeness (QED) is 0.339. The van der Waals surface area contributed by atoms with Crippen LogP contribution in [0.2, 0.25) is 0 Å². The van der Waals surface area contributed by atoms with Crippen LogP contribution >= 0.6 is 0 Å². The van der Waals surface area contributed by atoms with E-state index in [0.717, 1.165) is 50.2 Å². The van der Waals surface area contributed by atoms with Crippen molar-refractivity contribution in [1.82, 2.24) is 25.7 Å². The first-order valence-corrected chi connectivity index (χ1v) is 10.3. The van der Waals surface area contributed by atoms with Crippen LogP contribution in [-0.4, -0.2) is 27.5 Å². The van der Waals surface area contributed by atoms with Crippen LogP contribution in [0.3, 0.4) is 0 Å². The van der Waals surface area contributed by atoms with Crippen molar-refractivity contribution in [3.8, 4) is 28.3 Å². The zero-order valence-electron chi connectivity index (χ0n) is 17.5. The Labute approximate surface area is 184 Å². The third kappa shape index (κ3) is 3.98. The maximum Gasteiger partial charge on any atom is 0.123 e. The fourth-order valence-electron chi connectivity index (χ4n) is 3.84. The van der Waals surface area contributed by atoms with Gasteiger partial charge < -0.3 is 10.1 Å². The van der Waals surface area contributed by atoms with E-state index in [1.54, 1.807) is 25.4 Å². The number of halogens is 1. The number of H-pyrrole nitrogens is 2. The van der Waals surface area contributed by atoms with Crippen molar-refractivity contribution in [1.29, 1.82) is 0 Å². The number of nitrogens with zero attached hydrogens (tertiary/aromatic N) is 2. The SMILES string of the molecule is COc1ccc2cc(-c3[nH]ncc3CNCc3cn[nH]c3-c3ccc(F)cc3)ccc2c1. The second-order valence-corrected chi connectivity index (χ2v) is 7.58. The molecule has 2 aromatic heterocycles. The molecule has 0 aliphatic heterocycles. The number of hydrogen-bond acceptors (Lipinski definition) is 4. The van der Waals surface area contributed by atoms with E-state index in [1.165, 1.54) is 12.1 Å². The summed E-state index contributed by atoms with van der Waals surface area (Å²) in [6, 6.07) is 18.8. The number of ether oxygens (including phenoxy) is 1. The maximum absolute atomic E-state index is 13.2. The predicted molar refractivity (Wildman–Crippen MR) is 123 cm³/mol. The number of aromatic nitrogens is 4. The molecule has 0 unspecified atom stereocenters. The van der Waals surface area contributed by atoms with E-state index < -0.39 is 0 Å². The minimum Gasteiger partial charge on any atom is -0.497 e. The summed E-state index contributed by atoms with van der Waals surface area (Å²) in [6.07, 6.45) is 3.64. The van der Waals surface area contributed by atoms with Crippen LogP contribution < -0.4 is 10.1 Å². The molecular formula is C25H22FN5O. The molecule has 3 N–H and O–H groups in total. The van der Waals surface area contributed by atoms with E-state index >= 15 is 0 Å². The summed E-state index contributed by atoms with van der Waals surface area (Å²) in [7, 11) is 1.67. The number of rotatable bonds is 7. The fraction of sp³-hybridized carbons (Fsp3) is 0.120. The van der Waals surface area contributed by atoms with Crippen LogP contribution in [-0.2, 0) is 13.1 Å². The highest BCUT2D eigenvalue weighted by molar-refractivity contribution is 5.88. The molecule has 3 aromatic carbocycles. The number of nitrogens with one attached hydrogen (secondary N) is 3. The topological polar surface area (TPSA) is 78.6 Å². The molecule has 0 bridgehead atoms. The van der Waals surface area contributed by atoms with E-state index in [0.29, 0.717) is 13.1 Å². The van der Waals surface area contributed by atoms with Crippen molar-refractivity contribution in [2.45, 2.75) is 13.1 Å². The lowest BCUT2D eigenvalue weighted by Crippen LogP contribution is -2.13. The zero-order valence-corrected chi connectivity index (χ0v) is 17.5. The van der Waals surface area contributed by atoms with Crippen LogP contribution in [0.15, 0.2) is 73.1 Å². The standard InChI is InChI=1S/C25H22FN5O/c1-32-23-9-6-17-10-19(3-2-18(17)11-23)25-21(15-29-31-25)13-27-12-20-14-28-30-24(20)16-4-7-22(26)8-5-16/h2-11,14-15,27H,12-13H2,1H3,(H,28,30)(H,29,31). The Morgan fingerprint density at radius 1 is 0.781 bits per heavy atom. The number of methoxy groups -OCH3 is 1. The van der Waals surface area contributed by atoms with Gasteiger partial charge in [0.05, 0.1) is 30.9 Å². The Kier molecular flexibility index (Phi) is 5.39. The summed E-state index contributed by atoms with van der Waals surface area (Å²) < 4.78 is 18.5. The number of benzene rings is 3. The van der Waals surface area contributed by atoms with Crippen LogP contribution in [0.4, 0.5) is 4.39 Å². The average molecular weight is 427 g/mol. The normalized spacial score (nSPS) is 11.2. The van der Waals surface area contributed by atoms with Gasteiger partial charge in [-0.15, -0.1) is 0 Å². The maximum atomic E-state index is 13.2. The highest BCUT2D eigenvalue weighted by atomic mass is 19.1. The molecule has 2 heterocycles. The van der Waals surface area contributed by atoms with Crippen molar-refractivity contribution >= 4 is 10.8 Å². The molecule has 0 radical (unpaired) electrons. The average Bonchev–Trinajstić information content (AvgIpc) is 3.49. The van der Waals surface area contributed by atoms with Gasteiger partial charge in [-0.1, -0.05) is 18.2 Å². The smallest absolute Gasteiger partial charge is 0.123 e.